The molecule has 2 nitrogen and oxygen atoms in total. The van der Waals surface area contributed by atoms with E-state index >= 15 is 0 Å². The molecule has 0 bridgehead atoms. The van der Waals surface area contributed by atoms with Gasteiger partial charge >= 0.3 is 0 Å². The van der Waals surface area contributed by atoms with Gasteiger partial charge in [0.2, 0.25) is 0 Å². The molecule has 0 amide bonds. The predicted octanol–water partition coefficient (Wildman–Crippen LogP) is 3.30. The van der Waals surface area contributed by atoms with Gasteiger partial charge in [-0.2, -0.15) is 0 Å². The van der Waals surface area contributed by atoms with Crippen LogP contribution in [0, 0.1) is 26.7 Å². The van der Waals surface area contributed by atoms with Gasteiger partial charge in [0.15, 0.2) is 0 Å². The second-order valence-corrected chi connectivity index (χ2v) is 5.44. The molecule has 0 spiro atoms. The molecule has 2 atom stereocenters. The number of nitrogens with one attached hydrogen (secondary N) is 1. The van der Waals surface area contributed by atoms with Gasteiger partial charge in [0.05, 0.1) is 6.10 Å². The molecule has 1 fully saturated rings. The summed E-state index contributed by atoms with van der Waals surface area (Å²) in [4.78, 5) is 0. The highest BCUT2D eigenvalue weighted by Gasteiger charge is 2.30. The third-order valence-electron chi connectivity index (χ3n) is 4.06. The fourth-order valence-corrected chi connectivity index (χ4v) is 2.81. The Morgan fingerprint density at radius 1 is 1.17 bits per heavy atom. The molecule has 1 N–H and O–H groups in total. The molecule has 1 heterocycles. The molecule has 1 saturated heterocycles. The van der Waals surface area contributed by atoms with Crippen LogP contribution in [0.4, 0.5) is 0 Å². The fourth-order valence-electron chi connectivity index (χ4n) is 2.81. The first-order valence-electron chi connectivity index (χ1n) is 7.03. The SMILES string of the molecule is CCNCC1CCOC1c1cc(C)c(C)cc1C. The minimum absolute atomic E-state index is 0.281. The second-order valence-electron chi connectivity index (χ2n) is 5.44. The third-order valence-corrected chi connectivity index (χ3v) is 4.06. The highest BCUT2D eigenvalue weighted by molar-refractivity contribution is 5.38. The zero-order valence-corrected chi connectivity index (χ0v) is 12.0. The summed E-state index contributed by atoms with van der Waals surface area (Å²) in [5.41, 5.74) is 5.50. The average Bonchev–Trinajstić information content (AvgIpc) is 2.79. The van der Waals surface area contributed by atoms with Crippen molar-refractivity contribution in [2.45, 2.75) is 40.2 Å². The van der Waals surface area contributed by atoms with Crippen molar-refractivity contribution in [3.8, 4) is 0 Å². The zero-order valence-electron chi connectivity index (χ0n) is 12.0. The van der Waals surface area contributed by atoms with E-state index in [0.717, 1.165) is 19.7 Å². The lowest BCUT2D eigenvalue weighted by atomic mass is 9.90. The monoisotopic (exact) mass is 247 g/mol. The Morgan fingerprint density at radius 2 is 1.89 bits per heavy atom. The molecular weight excluding hydrogens is 222 g/mol. The summed E-state index contributed by atoms with van der Waals surface area (Å²) in [6.07, 6.45) is 1.45. The summed E-state index contributed by atoms with van der Waals surface area (Å²) in [6.45, 7) is 11.7. The Kier molecular flexibility index (Phi) is 4.41. The molecule has 1 aliphatic rings. The minimum atomic E-state index is 0.281. The maximum absolute atomic E-state index is 5.98. The average molecular weight is 247 g/mol. The molecule has 0 aromatic heterocycles. The van der Waals surface area contributed by atoms with Gasteiger partial charge in [-0.3, -0.25) is 0 Å². The first-order valence-corrected chi connectivity index (χ1v) is 7.03. The summed E-state index contributed by atoms with van der Waals surface area (Å²) in [5, 5.41) is 3.46. The number of hydrogen-bond donors (Lipinski definition) is 1. The van der Waals surface area contributed by atoms with E-state index in [-0.39, 0.29) is 6.10 Å². The van der Waals surface area contributed by atoms with Gasteiger partial charge < -0.3 is 10.1 Å². The molecule has 0 saturated carbocycles. The summed E-state index contributed by atoms with van der Waals surface area (Å²) in [6, 6.07) is 4.61. The molecule has 1 aromatic carbocycles. The topological polar surface area (TPSA) is 21.3 Å². The number of rotatable bonds is 4. The lowest BCUT2D eigenvalue weighted by Gasteiger charge is -2.22. The molecule has 0 radical (unpaired) electrons. The number of hydrogen-bond acceptors (Lipinski definition) is 2. The van der Waals surface area contributed by atoms with Crippen molar-refractivity contribution in [3.63, 3.8) is 0 Å². The molecule has 18 heavy (non-hydrogen) atoms. The smallest absolute Gasteiger partial charge is 0.0868 e. The van der Waals surface area contributed by atoms with Crippen molar-refractivity contribution in [1.29, 1.82) is 0 Å². The molecular formula is C16H25NO. The van der Waals surface area contributed by atoms with Crippen LogP contribution in [0.2, 0.25) is 0 Å². The Labute approximate surface area is 111 Å². The van der Waals surface area contributed by atoms with E-state index in [4.69, 9.17) is 4.74 Å². The van der Waals surface area contributed by atoms with Crippen molar-refractivity contribution in [3.05, 3.63) is 34.4 Å². The van der Waals surface area contributed by atoms with Gasteiger partial charge in [-0.15, -0.1) is 0 Å². The number of aryl methyl sites for hydroxylation is 3. The number of benzene rings is 1. The normalized spacial score (nSPS) is 23.6. The highest BCUT2D eigenvalue weighted by atomic mass is 16.5. The van der Waals surface area contributed by atoms with Crippen LogP contribution in [0.25, 0.3) is 0 Å². The van der Waals surface area contributed by atoms with Gasteiger partial charge in [-0.25, -0.2) is 0 Å². The van der Waals surface area contributed by atoms with Crippen LogP contribution in [-0.2, 0) is 4.74 Å². The maximum atomic E-state index is 5.98. The van der Waals surface area contributed by atoms with E-state index in [1.165, 1.54) is 28.7 Å². The van der Waals surface area contributed by atoms with E-state index in [2.05, 4.69) is 45.1 Å². The highest BCUT2D eigenvalue weighted by Crippen LogP contribution is 2.36. The lowest BCUT2D eigenvalue weighted by molar-refractivity contribution is 0.0901. The fraction of sp³-hybridized carbons (Fsp3) is 0.625. The zero-order chi connectivity index (χ0) is 13.1. The van der Waals surface area contributed by atoms with Crippen LogP contribution in [0.3, 0.4) is 0 Å². The summed E-state index contributed by atoms with van der Waals surface area (Å²) >= 11 is 0. The van der Waals surface area contributed by atoms with Crippen molar-refractivity contribution in [1.82, 2.24) is 5.32 Å². The summed E-state index contributed by atoms with van der Waals surface area (Å²) in [7, 11) is 0. The summed E-state index contributed by atoms with van der Waals surface area (Å²) < 4.78 is 5.98. The molecule has 0 aliphatic carbocycles. The number of ether oxygens (including phenoxy) is 1. The van der Waals surface area contributed by atoms with Gasteiger partial charge in [-0.1, -0.05) is 19.1 Å². The Balaban J connectivity index is 2.21. The van der Waals surface area contributed by atoms with Gasteiger partial charge in [0.25, 0.3) is 0 Å². The maximum Gasteiger partial charge on any atom is 0.0868 e. The van der Waals surface area contributed by atoms with Gasteiger partial charge in [0.1, 0.15) is 0 Å². The molecule has 1 aliphatic heterocycles. The van der Waals surface area contributed by atoms with Crippen LogP contribution >= 0.6 is 0 Å². The molecule has 100 valence electrons. The predicted molar refractivity (Wildman–Crippen MR) is 76.0 cm³/mol. The Hall–Kier alpha value is -0.860. The van der Waals surface area contributed by atoms with E-state index in [9.17, 15) is 0 Å². The first kappa shape index (κ1) is 13.6. The summed E-state index contributed by atoms with van der Waals surface area (Å²) in [5.74, 6) is 0.616. The van der Waals surface area contributed by atoms with Crippen LogP contribution in [0.1, 0.15) is 41.7 Å². The van der Waals surface area contributed by atoms with Crippen LogP contribution in [0.15, 0.2) is 12.1 Å². The molecule has 2 heteroatoms. The molecule has 2 rings (SSSR count). The largest absolute Gasteiger partial charge is 0.373 e. The molecule has 1 aromatic rings. The van der Waals surface area contributed by atoms with E-state index in [1.54, 1.807) is 0 Å². The van der Waals surface area contributed by atoms with E-state index in [0.29, 0.717) is 5.92 Å². The Morgan fingerprint density at radius 3 is 2.61 bits per heavy atom. The minimum Gasteiger partial charge on any atom is -0.373 e. The molecule has 2 unspecified atom stereocenters. The van der Waals surface area contributed by atoms with Crippen LogP contribution < -0.4 is 5.32 Å². The standard InChI is InChI=1S/C16H25NO/c1-5-17-10-14-6-7-18-16(14)15-9-12(3)11(2)8-13(15)4/h8-9,14,16-17H,5-7,10H2,1-4H3. The van der Waals surface area contributed by atoms with Crippen LogP contribution in [-0.4, -0.2) is 19.7 Å². The lowest BCUT2D eigenvalue weighted by Crippen LogP contribution is -2.25. The Bertz CT molecular complexity index is 414. The van der Waals surface area contributed by atoms with Crippen molar-refractivity contribution in [2.75, 3.05) is 19.7 Å². The van der Waals surface area contributed by atoms with Gasteiger partial charge in [-0.05, 0) is 56.0 Å². The van der Waals surface area contributed by atoms with E-state index < -0.39 is 0 Å². The second kappa shape index (κ2) is 5.85. The van der Waals surface area contributed by atoms with Crippen molar-refractivity contribution >= 4 is 0 Å². The first-order chi connectivity index (χ1) is 8.63. The van der Waals surface area contributed by atoms with Crippen molar-refractivity contribution < 1.29 is 4.74 Å². The third kappa shape index (κ3) is 2.76. The van der Waals surface area contributed by atoms with Gasteiger partial charge in [0, 0.05) is 19.1 Å². The van der Waals surface area contributed by atoms with Crippen LogP contribution in [0.5, 0.6) is 0 Å². The quantitative estimate of drug-likeness (QED) is 0.881. The van der Waals surface area contributed by atoms with E-state index in [1.807, 2.05) is 0 Å². The van der Waals surface area contributed by atoms with Crippen molar-refractivity contribution in [2.24, 2.45) is 5.92 Å².